The SMILES string of the molecule is c1ccc(-c2cccc(-c3nc(-c4cccc(-c5ccccc5)c4)nc(-n4c5ccccc5c5cc6c(cc54)cc4c5ccccc5c5ccccc5n64)n3)c2)cc1. The minimum atomic E-state index is 0.570. The van der Waals surface area contributed by atoms with Gasteiger partial charge in [0.1, 0.15) is 0 Å². The van der Waals surface area contributed by atoms with Crippen LogP contribution >= 0.6 is 0 Å². The monoisotopic (exact) mass is 739 g/mol. The van der Waals surface area contributed by atoms with E-state index in [2.05, 4.69) is 197 Å². The van der Waals surface area contributed by atoms with Crippen molar-refractivity contribution in [3.63, 3.8) is 0 Å². The van der Waals surface area contributed by atoms with Gasteiger partial charge in [0.2, 0.25) is 5.95 Å². The van der Waals surface area contributed by atoms with E-state index in [1.54, 1.807) is 0 Å². The standard InChI is InChI=1S/C53H33N5/c1-3-15-34(16-4-1)36-19-13-21-38(29-36)51-54-52(39-22-14-20-37(30-39)35-17-5-2-6-18-35)56-53(55-51)58-47-28-12-10-26-44(47)45-33-48-40(32-50(45)58)31-49-43-25-8-7-23-41(43)42-24-9-11-27-46(42)57(48)49/h1-33H. The van der Waals surface area contributed by atoms with Gasteiger partial charge < -0.3 is 4.40 Å². The lowest BCUT2D eigenvalue weighted by atomic mass is 10.0. The van der Waals surface area contributed by atoms with Crippen LogP contribution in [0.1, 0.15) is 0 Å². The second kappa shape index (κ2) is 12.8. The van der Waals surface area contributed by atoms with E-state index < -0.39 is 0 Å². The highest BCUT2D eigenvalue weighted by Gasteiger charge is 2.21. The second-order valence-corrected chi connectivity index (χ2v) is 14.9. The fourth-order valence-electron chi connectivity index (χ4n) is 8.84. The Hall–Kier alpha value is -7.89. The highest BCUT2D eigenvalue weighted by atomic mass is 15.2. The summed E-state index contributed by atoms with van der Waals surface area (Å²) in [5.41, 5.74) is 12.0. The van der Waals surface area contributed by atoms with Crippen LogP contribution in [0.25, 0.3) is 111 Å². The summed E-state index contributed by atoms with van der Waals surface area (Å²) in [6.07, 6.45) is 0. The lowest BCUT2D eigenvalue weighted by Gasteiger charge is -2.12. The zero-order chi connectivity index (χ0) is 38.2. The topological polar surface area (TPSA) is 48.0 Å². The van der Waals surface area contributed by atoms with Crippen LogP contribution in [0.2, 0.25) is 0 Å². The lowest BCUT2D eigenvalue weighted by Crippen LogP contribution is -2.06. The number of hydrogen-bond donors (Lipinski definition) is 0. The quantitative estimate of drug-likeness (QED) is 0.165. The predicted molar refractivity (Wildman–Crippen MR) is 239 cm³/mol. The maximum atomic E-state index is 5.33. The molecule has 0 saturated carbocycles. The van der Waals surface area contributed by atoms with Crippen molar-refractivity contribution in [2.24, 2.45) is 0 Å². The van der Waals surface area contributed by atoms with Gasteiger partial charge >= 0.3 is 0 Å². The molecule has 0 aliphatic heterocycles. The van der Waals surface area contributed by atoms with Crippen LogP contribution in [0.15, 0.2) is 200 Å². The van der Waals surface area contributed by atoms with E-state index in [-0.39, 0.29) is 0 Å². The Morgan fingerprint density at radius 1 is 0.276 bits per heavy atom. The van der Waals surface area contributed by atoms with Crippen molar-refractivity contribution >= 4 is 59.9 Å². The van der Waals surface area contributed by atoms with Gasteiger partial charge in [-0.3, -0.25) is 4.57 Å². The number of aromatic nitrogens is 5. The molecular weight excluding hydrogens is 707 g/mol. The van der Waals surface area contributed by atoms with Crippen molar-refractivity contribution in [1.82, 2.24) is 23.9 Å². The molecule has 12 rings (SSSR count). The maximum absolute atomic E-state index is 5.33. The zero-order valence-electron chi connectivity index (χ0n) is 31.3. The van der Waals surface area contributed by atoms with Gasteiger partial charge in [0, 0.05) is 38.1 Å². The molecule has 12 aromatic rings. The van der Waals surface area contributed by atoms with E-state index in [1.807, 2.05) is 12.1 Å². The van der Waals surface area contributed by atoms with Gasteiger partial charge in [0.15, 0.2) is 11.6 Å². The average molecular weight is 740 g/mol. The molecule has 0 aliphatic rings. The molecule has 0 unspecified atom stereocenters. The normalized spacial score (nSPS) is 11.8. The number of para-hydroxylation sites is 2. The number of nitrogens with zero attached hydrogens (tertiary/aromatic N) is 5. The summed E-state index contributed by atoms with van der Waals surface area (Å²) in [5.74, 6) is 1.80. The molecule has 5 nitrogen and oxygen atoms in total. The first-order valence-electron chi connectivity index (χ1n) is 19.6. The third-order valence-electron chi connectivity index (χ3n) is 11.5. The molecule has 0 spiro atoms. The molecule has 0 atom stereocenters. The number of hydrogen-bond acceptors (Lipinski definition) is 3. The lowest BCUT2D eigenvalue weighted by molar-refractivity contribution is 0.954. The van der Waals surface area contributed by atoms with Crippen molar-refractivity contribution < 1.29 is 0 Å². The number of pyridine rings is 1. The first kappa shape index (κ1) is 32.4. The Labute approximate surface area is 333 Å². The van der Waals surface area contributed by atoms with E-state index in [4.69, 9.17) is 15.0 Å². The molecule has 0 saturated heterocycles. The third kappa shape index (κ3) is 5.07. The van der Waals surface area contributed by atoms with Crippen molar-refractivity contribution in [3.05, 3.63) is 200 Å². The van der Waals surface area contributed by atoms with E-state index in [1.165, 1.54) is 32.7 Å². The summed E-state index contributed by atoms with van der Waals surface area (Å²) in [6, 6.07) is 70.9. The average Bonchev–Trinajstić information content (AvgIpc) is 3.84. The van der Waals surface area contributed by atoms with E-state index in [9.17, 15) is 0 Å². The first-order valence-corrected chi connectivity index (χ1v) is 19.6. The summed E-state index contributed by atoms with van der Waals surface area (Å²) < 4.78 is 4.65. The van der Waals surface area contributed by atoms with Crippen molar-refractivity contribution in [2.75, 3.05) is 0 Å². The smallest absolute Gasteiger partial charge is 0.238 e. The fourth-order valence-corrected chi connectivity index (χ4v) is 8.84. The number of fused-ring (bicyclic) bond motifs is 11. The predicted octanol–water partition coefficient (Wildman–Crippen LogP) is 13.3. The van der Waals surface area contributed by atoms with Crippen LogP contribution < -0.4 is 0 Å². The van der Waals surface area contributed by atoms with Gasteiger partial charge in [0.25, 0.3) is 0 Å². The molecule has 8 aromatic carbocycles. The van der Waals surface area contributed by atoms with Gasteiger partial charge in [-0.25, -0.2) is 4.98 Å². The van der Waals surface area contributed by atoms with Gasteiger partial charge in [0.05, 0.1) is 27.6 Å². The summed E-state index contributed by atoms with van der Waals surface area (Å²) in [6.45, 7) is 0. The largest absolute Gasteiger partial charge is 0.309 e. The van der Waals surface area contributed by atoms with Gasteiger partial charge in [-0.2, -0.15) is 9.97 Å². The van der Waals surface area contributed by atoms with Crippen LogP contribution in [0, 0.1) is 0 Å². The Kier molecular flexibility index (Phi) is 7.16. The molecule has 0 aliphatic carbocycles. The summed E-state index contributed by atoms with van der Waals surface area (Å²) in [5, 5.41) is 7.16. The van der Waals surface area contributed by atoms with Gasteiger partial charge in [-0.15, -0.1) is 0 Å². The minimum Gasteiger partial charge on any atom is -0.309 e. The van der Waals surface area contributed by atoms with Gasteiger partial charge in [-0.1, -0.05) is 158 Å². The van der Waals surface area contributed by atoms with Gasteiger partial charge in [-0.05, 0) is 70.1 Å². The zero-order valence-corrected chi connectivity index (χ0v) is 31.3. The van der Waals surface area contributed by atoms with Crippen molar-refractivity contribution in [1.29, 1.82) is 0 Å². The van der Waals surface area contributed by atoms with Crippen LogP contribution in [0.4, 0.5) is 0 Å². The Morgan fingerprint density at radius 2 is 0.741 bits per heavy atom. The molecular formula is C53H33N5. The Balaban J connectivity index is 1.14. The molecule has 0 N–H and O–H groups in total. The molecule has 0 bridgehead atoms. The first-order chi connectivity index (χ1) is 28.7. The Morgan fingerprint density at radius 3 is 1.36 bits per heavy atom. The van der Waals surface area contributed by atoms with E-state index >= 15 is 0 Å². The molecule has 4 heterocycles. The molecule has 0 radical (unpaired) electrons. The highest BCUT2D eigenvalue weighted by Crippen LogP contribution is 2.39. The van der Waals surface area contributed by atoms with Crippen LogP contribution in [0.5, 0.6) is 0 Å². The minimum absolute atomic E-state index is 0.570. The van der Waals surface area contributed by atoms with Crippen LogP contribution in [-0.2, 0) is 0 Å². The van der Waals surface area contributed by atoms with Crippen LogP contribution in [0.3, 0.4) is 0 Å². The number of rotatable bonds is 5. The molecule has 5 heteroatoms. The number of benzene rings is 8. The van der Waals surface area contributed by atoms with Crippen LogP contribution in [-0.4, -0.2) is 23.9 Å². The molecule has 270 valence electrons. The second-order valence-electron chi connectivity index (χ2n) is 14.9. The fraction of sp³-hybridized carbons (Fsp3) is 0. The third-order valence-corrected chi connectivity index (χ3v) is 11.5. The van der Waals surface area contributed by atoms with E-state index in [0.717, 1.165) is 60.6 Å². The van der Waals surface area contributed by atoms with Crippen molar-refractivity contribution in [3.8, 4) is 51.0 Å². The summed E-state index contributed by atoms with van der Waals surface area (Å²) >= 11 is 0. The molecule has 0 amide bonds. The van der Waals surface area contributed by atoms with Crippen molar-refractivity contribution in [2.45, 2.75) is 0 Å². The molecule has 58 heavy (non-hydrogen) atoms. The highest BCUT2D eigenvalue weighted by molar-refractivity contribution is 6.18. The molecule has 0 fully saturated rings. The summed E-state index contributed by atoms with van der Waals surface area (Å²) in [4.78, 5) is 15.9. The maximum Gasteiger partial charge on any atom is 0.238 e. The Bertz CT molecular complexity index is 3460. The van der Waals surface area contributed by atoms with E-state index in [0.29, 0.717) is 17.6 Å². The summed E-state index contributed by atoms with van der Waals surface area (Å²) in [7, 11) is 0. The molecule has 4 aromatic heterocycles.